The number of likely N-dealkylation sites (N-methyl/N-ethyl adjacent to an activating group) is 1. The number of carbonyl (C=O) groups is 1. The molecule has 0 radical (unpaired) electrons. The lowest BCUT2D eigenvalue weighted by atomic mass is 9.73. The summed E-state index contributed by atoms with van der Waals surface area (Å²) in [5, 5.41) is 4.13. The monoisotopic (exact) mass is 264 g/mol. The van der Waals surface area contributed by atoms with Crippen LogP contribution in [0.25, 0.3) is 0 Å². The van der Waals surface area contributed by atoms with Crippen molar-refractivity contribution in [2.24, 2.45) is 5.92 Å². The molecule has 0 aliphatic heterocycles. The summed E-state index contributed by atoms with van der Waals surface area (Å²) in [6, 6.07) is 0. The molecule has 0 spiro atoms. The van der Waals surface area contributed by atoms with E-state index in [1.165, 1.54) is 12.7 Å². The molecule has 5 nitrogen and oxygen atoms in total. The van der Waals surface area contributed by atoms with Gasteiger partial charge >= 0.3 is 0 Å². The van der Waals surface area contributed by atoms with Crippen LogP contribution in [0.3, 0.4) is 0 Å². The Bertz CT molecular complexity index is 454. The fourth-order valence-corrected chi connectivity index (χ4v) is 3.22. The van der Waals surface area contributed by atoms with Crippen LogP contribution in [-0.4, -0.2) is 45.1 Å². The van der Waals surface area contributed by atoms with Gasteiger partial charge in [0.2, 0.25) is 5.78 Å². The maximum absolute atomic E-state index is 13.0. The first kappa shape index (κ1) is 14.2. The van der Waals surface area contributed by atoms with Crippen LogP contribution in [-0.2, 0) is 6.54 Å². The Hall–Kier alpha value is -1.23. The third-order valence-electron chi connectivity index (χ3n) is 4.37. The fraction of sp³-hybridized carbons (Fsp3) is 0.786. The second-order valence-corrected chi connectivity index (χ2v) is 5.86. The van der Waals surface area contributed by atoms with E-state index in [-0.39, 0.29) is 5.78 Å². The first-order valence-corrected chi connectivity index (χ1v) is 7.11. The first-order chi connectivity index (χ1) is 9.01. The van der Waals surface area contributed by atoms with Gasteiger partial charge in [0.15, 0.2) is 5.82 Å². The van der Waals surface area contributed by atoms with Gasteiger partial charge in [0.05, 0.1) is 5.54 Å². The van der Waals surface area contributed by atoms with Gasteiger partial charge in [-0.15, -0.1) is 0 Å². The minimum absolute atomic E-state index is 0.128. The van der Waals surface area contributed by atoms with Crippen molar-refractivity contribution in [1.29, 1.82) is 0 Å². The number of aromatic nitrogens is 3. The van der Waals surface area contributed by atoms with Gasteiger partial charge in [-0.05, 0) is 39.8 Å². The molecule has 2 unspecified atom stereocenters. The zero-order valence-electron chi connectivity index (χ0n) is 12.4. The maximum atomic E-state index is 13.0. The van der Waals surface area contributed by atoms with Gasteiger partial charge in [0, 0.05) is 6.54 Å². The number of aryl methyl sites for hydroxylation is 1. The zero-order valence-corrected chi connectivity index (χ0v) is 12.4. The second kappa shape index (κ2) is 5.41. The summed E-state index contributed by atoms with van der Waals surface area (Å²) < 4.78 is 1.70. The third-order valence-corrected chi connectivity index (χ3v) is 4.37. The molecule has 0 bridgehead atoms. The molecule has 106 valence electrons. The van der Waals surface area contributed by atoms with Crippen LogP contribution in [0.1, 0.15) is 50.1 Å². The topological polar surface area (TPSA) is 51.0 Å². The average Bonchev–Trinajstić information content (AvgIpc) is 2.85. The number of nitrogens with zero attached hydrogens (tertiary/aromatic N) is 4. The van der Waals surface area contributed by atoms with E-state index in [9.17, 15) is 4.79 Å². The molecule has 2 atom stereocenters. The van der Waals surface area contributed by atoms with Crippen LogP contribution < -0.4 is 0 Å². The van der Waals surface area contributed by atoms with E-state index < -0.39 is 5.54 Å². The van der Waals surface area contributed by atoms with Gasteiger partial charge < -0.3 is 0 Å². The highest BCUT2D eigenvalue weighted by Crippen LogP contribution is 2.37. The third kappa shape index (κ3) is 2.43. The molecule has 1 aliphatic carbocycles. The molecule has 2 rings (SSSR count). The van der Waals surface area contributed by atoms with E-state index in [0.717, 1.165) is 19.3 Å². The number of hydrogen-bond acceptors (Lipinski definition) is 4. The number of rotatable bonds is 4. The number of ketones is 1. The van der Waals surface area contributed by atoms with Crippen molar-refractivity contribution in [2.75, 3.05) is 14.1 Å². The Morgan fingerprint density at radius 1 is 1.58 bits per heavy atom. The van der Waals surface area contributed by atoms with Crippen molar-refractivity contribution in [3.8, 4) is 0 Å². The smallest absolute Gasteiger partial charge is 0.219 e. The van der Waals surface area contributed by atoms with Crippen LogP contribution in [0.15, 0.2) is 6.33 Å². The fourth-order valence-electron chi connectivity index (χ4n) is 3.22. The van der Waals surface area contributed by atoms with Gasteiger partial charge in [-0.25, -0.2) is 9.67 Å². The highest BCUT2D eigenvalue weighted by molar-refractivity contribution is 6.00. The zero-order chi connectivity index (χ0) is 14.0. The summed E-state index contributed by atoms with van der Waals surface area (Å²) >= 11 is 0. The molecule has 1 aliphatic rings. The molecule has 1 saturated carbocycles. The van der Waals surface area contributed by atoms with E-state index in [4.69, 9.17) is 0 Å². The van der Waals surface area contributed by atoms with Crippen LogP contribution in [0.5, 0.6) is 0 Å². The van der Waals surface area contributed by atoms with E-state index >= 15 is 0 Å². The van der Waals surface area contributed by atoms with Gasteiger partial charge in [-0.1, -0.05) is 19.8 Å². The van der Waals surface area contributed by atoms with Crippen molar-refractivity contribution in [1.82, 2.24) is 19.7 Å². The standard InChI is InChI=1S/C14H24N4O/c1-5-18-13(15-10-16-18)12(19)14(17(3)4)8-6-7-11(2)9-14/h10-11H,5-9H2,1-4H3. The highest BCUT2D eigenvalue weighted by atomic mass is 16.1. The molecule has 0 aromatic carbocycles. The van der Waals surface area contributed by atoms with Crippen LogP contribution in [0, 0.1) is 5.92 Å². The van der Waals surface area contributed by atoms with Gasteiger partial charge in [0.25, 0.3) is 0 Å². The molecular weight excluding hydrogens is 240 g/mol. The Morgan fingerprint density at radius 2 is 2.32 bits per heavy atom. The van der Waals surface area contributed by atoms with E-state index in [1.54, 1.807) is 4.68 Å². The number of carbonyl (C=O) groups excluding carboxylic acids is 1. The molecule has 1 fully saturated rings. The van der Waals surface area contributed by atoms with Crippen molar-refractivity contribution in [2.45, 2.75) is 51.6 Å². The van der Waals surface area contributed by atoms with Gasteiger partial charge in [0.1, 0.15) is 6.33 Å². The molecule has 1 heterocycles. The van der Waals surface area contributed by atoms with Crippen LogP contribution >= 0.6 is 0 Å². The van der Waals surface area contributed by atoms with Crippen LogP contribution in [0.2, 0.25) is 0 Å². The highest BCUT2D eigenvalue weighted by Gasteiger charge is 2.45. The van der Waals surface area contributed by atoms with E-state index in [1.807, 2.05) is 21.0 Å². The number of hydrogen-bond donors (Lipinski definition) is 0. The Morgan fingerprint density at radius 3 is 2.89 bits per heavy atom. The predicted molar refractivity (Wildman–Crippen MR) is 74.1 cm³/mol. The first-order valence-electron chi connectivity index (χ1n) is 7.11. The maximum Gasteiger partial charge on any atom is 0.219 e. The summed E-state index contributed by atoms with van der Waals surface area (Å²) in [4.78, 5) is 19.3. The van der Waals surface area contributed by atoms with E-state index in [2.05, 4.69) is 21.9 Å². The quantitative estimate of drug-likeness (QED) is 0.780. The van der Waals surface area contributed by atoms with Gasteiger partial charge in [-0.2, -0.15) is 5.10 Å². The van der Waals surface area contributed by atoms with Crippen LogP contribution in [0.4, 0.5) is 0 Å². The molecule has 0 amide bonds. The summed E-state index contributed by atoms with van der Waals surface area (Å²) in [7, 11) is 4.01. The Kier molecular flexibility index (Phi) is 4.04. The van der Waals surface area contributed by atoms with Crippen molar-refractivity contribution >= 4 is 5.78 Å². The van der Waals surface area contributed by atoms with Gasteiger partial charge in [-0.3, -0.25) is 9.69 Å². The summed E-state index contributed by atoms with van der Waals surface area (Å²) in [6.07, 6.45) is 5.62. The summed E-state index contributed by atoms with van der Waals surface area (Å²) in [5.41, 5.74) is -0.405. The minimum atomic E-state index is -0.405. The number of Topliss-reactive ketones (excluding diaryl/α,β-unsaturated/α-hetero) is 1. The van der Waals surface area contributed by atoms with Crippen molar-refractivity contribution < 1.29 is 4.79 Å². The molecule has 5 heteroatoms. The molecule has 0 N–H and O–H groups in total. The normalized spacial score (nSPS) is 27.7. The van der Waals surface area contributed by atoms with Crippen molar-refractivity contribution in [3.05, 3.63) is 12.2 Å². The molecule has 1 aromatic heterocycles. The molecular formula is C14H24N4O. The lowest BCUT2D eigenvalue weighted by Gasteiger charge is -2.43. The minimum Gasteiger partial charge on any atom is -0.297 e. The molecule has 1 aromatic rings. The Labute approximate surface area is 115 Å². The largest absolute Gasteiger partial charge is 0.297 e. The second-order valence-electron chi connectivity index (χ2n) is 5.86. The summed E-state index contributed by atoms with van der Waals surface area (Å²) in [6.45, 7) is 4.90. The summed E-state index contributed by atoms with van der Waals surface area (Å²) in [5.74, 6) is 1.21. The lowest BCUT2D eigenvalue weighted by Crippen LogP contribution is -2.54. The van der Waals surface area contributed by atoms with E-state index in [0.29, 0.717) is 18.3 Å². The predicted octanol–water partition coefficient (Wildman–Crippen LogP) is 1.99. The average molecular weight is 264 g/mol. The SMILES string of the molecule is CCn1ncnc1C(=O)C1(N(C)C)CCCC(C)C1. The van der Waals surface area contributed by atoms with Crippen molar-refractivity contribution in [3.63, 3.8) is 0 Å². The molecule has 19 heavy (non-hydrogen) atoms. The Balaban J connectivity index is 2.37. The molecule has 0 saturated heterocycles. The lowest BCUT2D eigenvalue weighted by molar-refractivity contribution is 0.0469.